The third-order valence-electron chi connectivity index (χ3n) is 1.46. The first kappa shape index (κ1) is 14.0. The van der Waals surface area contributed by atoms with E-state index in [2.05, 4.69) is 19.6 Å². The SMILES string of the molecule is [C-]#[N+]/C=C/NC(C(=O)OCC)C(=O)OCC. The molecule has 0 unspecified atom stereocenters. The van der Waals surface area contributed by atoms with Crippen LogP contribution in [-0.4, -0.2) is 31.2 Å². The summed E-state index contributed by atoms with van der Waals surface area (Å²) in [6.07, 6.45) is 2.29. The topological polar surface area (TPSA) is 69.0 Å². The van der Waals surface area contributed by atoms with Crippen LogP contribution in [0.5, 0.6) is 0 Å². The van der Waals surface area contributed by atoms with Gasteiger partial charge in [-0.2, -0.15) is 0 Å². The quantitative estimate of drug-likeness (QED) is 0.405. The van der Waals surface area contributed by atoms with Crippen LogP contribution in [0.4, 0.5) is 0 Å². The molecule has 6 heteroatoms. The van der Waals surface area contributed by atoms with Gasteiger partial charge in [0.15, 0.2) is 6.20 Å². The summed E-state index contributed by atoms with van der Waals surface area (Å²) in [4.78, 5) is 25.6. The summed E-state index contributed by atoms with van der Waals surface area (Å²) in [5.41, 5.74) is 0. The zero-order valence-electron chi connectivity index (χ0n) is 9.23. The van der Waals surface area contributed by atoms with E-state index in [1.165, 1.54) is 6.20 Å². The number of carbonyl (C=O) groups excluding carboxylic acids is 2. The summed E-state index contributed by atoms with van der Waals surface area (Å²) in [5.74, 6) is -1.45. The van der Waals surface area contributed by atoms with Gasteiger partial charge in [-0.3, -0.25) is 0 Å². The second-order valence-electron chi connectivity index (χ2n) is 2.55. The van der Waals surface area contributed by atoms with Crippen molar-refractivity contribution in [2.75, 3.05) is 13.2 Å². The maximum Gasteiger partial charge on any atom is 0.340 e. The second kappa shape index (κ2) is 8.29. The summed E-state index contributed by atoms with van der Waals surface area (Å²) >= 11 is 0. The molecule has 0 rings (SSSR count). The number of nitrogens with zero attached hydrogens (tertiary/aromatic N) is 1. The minimum absolute atomic E-state index is 0.170. The molecule has 0 aromatic rings. The molecule has 0 saturated heterocycles. The van der Waals surface area contributed by atoms with E-state index < -0.39 is 18.0 Å². The van der Waals surface area contributed by atoms with Gasteiger partial charge in [-0.15, -0.1) is 0 Å². The van der Waals surface area contributed by atoms with Crippen LogP contribution in [0.15, 0.2) is 12.4 Å². The first-order chi connectivity index (χ1) is 7.67. The van der Waals surface area contributed by atoms with Crippen LogP contribution in [0.25, 0.3) is 4.85 Å². The first-order valence-electron chi connectivity index (χ1n) is 4.78. The van der Waals surface area contributed by atoms with Gasteiger partial charge in [-0.25, -0.2) is 14.4 Å². The number of ether oxygens (including phenoxy) is 2. The van der Waals surface area contributed by atoms with Crippen LogP contribution in [0.1, 0.15) is 13.8 Å². The Hall–Kier alpha value is -2.03. The average Bonchev–Trinajstić information content (AvgIpc) is 2.25. The van der Waals surface area contributed by atoms with E-state index in [1.54, 1.807) is 13.8 Å². The highest BCUT2D eigenvalue weighted by Crippen LogP contribution is 1.94. The highest BCUT2D eigenvalue weighted by Gasteiger charge is 2.27. The smallest absolute Gasteiger partial charge is 0.340 e. The average molecular weight is 226 g/mol. The fraction of sp³-hybridized carbons (Fsp3) is 0.500. The van der Waals surface area contributed by atoms with E-state index >= 15 is 0 Å². The number of esters is 2. The minimum atomic E-state index is -1.22. The second-order valence-corrected chi connectivity index (χ2v) is 2.55. The van der Waals surface area contributed by atoms with Crippen molar-refractivity contribution in [3.63, 3.8) is 0 Å². The van der Waals surface area contributed by atoms with E-state index in [1.807, 2.05) is 0 Å². The molecule has 0 radical (unpaired) electrons. The zero-order valence-corrected chi connectivity index (χ0v) is 9.23. The summed E-state index contributed by atoms with van der Waals surface area (Å²) in [5, 5.41) is 2.45. The van der Waals surface area contributed by atoms with E-state index in [-0.39, 0.29) is 13.2 Å². The molecular weight excluding hydrogens is 212 g/mol. The van der Waals surface area contributed by atoms with Gasteiger partial charge in [0.2, 0.25) is 6.04 Å². The molecule has 0 aliphatic heterocycles. The molecule has 88 valence electrons. The summed E-state index contributed by atoms with van der Waals surface area (Å²) in [7, 11) is 0. The Bertz CT molecular complexity index is 288. The Labute approximate surface area is 94.0 Å². The Balaban J connectivity index is 4.50. The van der Waals surface area contributed by atoms with Crippen molar-refractivity contribution in [1.82, 2.24) is 5.32 Å². The van der Waals surface area contributed by atoms with E-state index in [9.17, 15) is 9.59 Å². The number of rotatable bonds is 6. The molecule has 6 nitrogen and oxygen atoms in total. The molecule has 16 heavy (non-hydrogen) atoms. The fourth-order valence-electron chi connectivity index (χ4n) is 0.860. The van der Waals surface area contributed by atoms with Crippen molar-refractivity contribution in [2.24, 2.45) is 0 Å². The molecule has 0 aromatic carbocycles. The Morgan fingerprint density at radius 1 is 1.31 bits per heavy atom. The molecule has 0 aromatic heterocycles. The van der Waals surface area contributed by atoms with Crippen molar-refractivity contribution in [2.45, 2.75) is 19.9 Å². The lowest BCUT2D eigenvalue weighted by atomic mass is 10.3. The van der Waals surface area contributed by atoms with E-state index in [4.69, 9.17) is 6.57 Å². The third-order valence-corrected chi connectivity index (χ3v) is 1.46. The van der Waals surface area contributed by atoms with Gasteiger partial charge >= 0.3 is 11.9 Å². The van der Waals surface area contributed by atoms with Crippen molar-refractivity contribution in [3.8, 4) is 0 Å². The molecule has 0 fully saturated rings. The molecule has 0 bridgehead atoms. The van der Waals surface area contributed by atoms with Crippen LogP contribution >= 0.6 is 0 Å². The van der Waals surface area contributed by atoms with Crippen LogP contribution in [0, 0.1) is 6.57 Å². The van der Waals surface area contributed by atoms with Gasteiger partial charge in [-0.05, 0) is 20.0 Å². The van der Waals surface area contributed by atoms with E-state index in [0.29, 0.717) is 0 Å². The Kier molecular flexibility index (Phi) is 7.24. The van der Waals surface area contributed by atoms with Crippen molar-refractivity contribution in [1.29, 1.82) is 0 Å². The predicted octanol–water partition coefficient (Wildman–Crippen LogP) is 0.461. The normalized spacial score (nSPS) is 9.88. The number of hydrogen-bond donors (Lipinski definition) is 1. The maximum atomic E-state index is 11.4. The van der Waals surface area contributed by atoms with Crippen molar-refractivity contribution in [3.05, 3.63) is 23.8 Å². The third kappa shape index (κ3) is 5.00. The van der Waals surface area contributed by atoms with Crippen LogP contribution in [0.2, 0.25) is 0 Å². The highest BCUT2D eigenvalue weighted by atomic mass is 16.6. The van der Waals surface area contributed by atoms with Gasteiger partial charge in [0.05, 0.1) is 19.8 Å². The Morgan fingerprint density at radius 2 is 1.81 bits per heavy atom. The van der Waals surface area contributed by atoms with Gasteiger partial charge in [0.1, 0.15) is 0 Å². The Morgan fingerprint density at radius 3 is 2.19 bits per heavy atom. The molecule has 0 atom stereocenters. The maximum absolute atomic E-state index is 11.4. The number of hydrogen-bond acceptors (Lipinski definition) is 5. The standard InChI is InChI=1S/C10H14N2O4/c1-4-15-9(13)8(10(14)16-5-2)12-7-6-11-3/h6-8,12H,4-5H2,1-2H3/b7-6+. The predicted molar refractivity (Wildman–Crippen MR) is 55.9 cm³/mol. The zero-order chi connectivity index (χ0) is 12.4. The van der Waals surface area contributed by atoms with Gasteiger partial charge < -0.3 is 14.8 Å². The monoisotopic (exact) mass is 226 g/mol. The molecule has 0 amide bonds. The molecular formula is C10H14N2O4. The lowest BCUT2D eigenvalue weighted by Gasteiger charge is -2.14. The van der Waals surface area contributed by atoms with Crippen LogP contribution in [-0.2, 0) is 19.1 Å². The lowest BCUT2D eigenvalue weighted by molar-refractivity contribution is -0.157. The first-order valence-corrected chi connectivity index (χ1v) is 4.78. The molecule has 1 N–H and O–H groups in total. The molecule has 0 aliphatic carbocycles. The molecule has 0 heterocycles. The highest BCUT2D eigenvalue weighted by molar-refractivity contribution is 5.99. The molecule has 0 spiro atoms. The minimum Gasteiger partial charge on any atom is -0.464 e. The van der Waals surface area contributed by atoms with Crippen molar-refractivity contribution < 1.29 is 19.1 Å². The summed E-state index contributed by atoms with van der Waals surface area (Å²) in [6, 6.07) is -1.22. The summed E-state index contributed by atoms with van der Waals surface area (Å²) in [6.45, 7) is 10.1. The van der Waals surface area contributed by atoms with Gasteiger partial charge in [-0.1, -0.05) is 0 Å². The number of carbonyl (C=O) groups is 2. The van der Waals surface area contributed by atoms with Crippen LogP contribution in [0.3, 0.4) is 0 Å². The van der Waals surface area contributed by atoms with Gasteiger partial charge in [0.25, 0.3) is 0 Å². The fourth-order valence-corrected chi connectivity index (χ4v) is 0.860. The molecule has 0 saturated carbocycles. The largest absolute Gasteiger partial charge is 0.464 e. The van der Waals surface area contributed by atoms with E-state index in [0.717, 1.165) is 6.20 Å². The van der Waals surface area contributed by atoms with Crippen LogP contribution < -0.4 is 5.32 Å². The number of nitrogens with one attached hydrogen (secondary N) is 1. The lowest BCUT2D eigenvalue weighted by Crippen LogP contribution is -2.43. The van der Waals surface area contributed by atoms with Gasteiger partial charge in [0, 0.05) is 0 Å². The molecule has 0 aliphatic rings. The van der Waals surface area contributed by atoms with Crippen molar-refractivity contribution >= 4 is 11.9 Å². The summed E-state index contributed by atoms with van der Waals surface area (Å²) < 4.78 is 9.38.